The molecule has 128 valence electrons. The van der Waals surface area contributed by atoms with E-state index >= 15 is 0 Å². The summed E-state index contributed by atoms with van der Waals surface area (Å²) in [4.78, 5) is 20.8. The molecule has 2 aliphatic rings. The Morgan fingerprint density at radius 2 is 2.12 bits per heavy atom. The van der Waals surface area contributed by atoms with Crippen LogP contribution in [-0.2, 0) is 4.79 Å². The van der Waals surface area contributed by atoms with Crippen LogP contribution in [0.3, 0.4) is 0 Å². The van der Waals surface area contributed by atoms with Crippen molar-refractivity contribution in [2.45, 2.75) is 63.3 Å². The van der Waals surface area contributed by atoms with Crippen LogP contribution >= 0.6 is 0 Å². The van der Waals surface area contributed by atoms with Crippen molar-refractivity contribution in [2.75, 3.05) is 5.32 Å². The van der Waals surface area contributed by atoms with Crippen molar-refractivity contribution >= 4 is 22.6 Å². The standard InChI is InChI=1S/C19H26N4O/c1-19(20)10-3-2-7-14(19)18(24)21-13-8-9-15-16(11-13)23-17(22-15)12-5-4-6-12/h8-9,11-12,14H,2-7,10,20H2,1H3,(H,21,24)(H,22,23). The van der Waals surface area contributed by atoms with Gasteiger partial charge in [0.1, 0.15) is 5.82 Å². The lowest BCUT2D eigenvalue weighted by molar-refractivity contribution is -0.122. The predicted molar refractivity (Wildman–Crippen MR) is 95.9 cm³/mol. The lowest BCUT2D eigenvalue weighted by Gasteiger charge is -2.37. The molecule has 2 saturated carbocycles. The molecule has 0 spiro atoms. The van der Waals surface area contributed by atoms with Gasteiger partial charge in [-0.2, -0.15) is 0 Å². The van der Waals surface area contributed by atoms with Crippen LogP contribution in [0.15, 0.2) is 18.2 Å². The highest BCUT2D eigenvalue weighted by atomic mass is 16.1. The molecule has 0 bridgehead atoms. The van der Waals surface area contributed by atoms with Crippen LogP contribution in [0.5, 0.6) is 0 Å². The quantitative estimate of drug-likeness (QED) is 0.804. The number of amides is 1. The molecule has 2 unspecified atom stereocenters. The number of hydrogen-bond donors (Lipinski definition) is 3. The number of aromatic nitrogens is 2. The zero-order valence-electron chi connectivity index (χ0n) is 14.3. The normalized spacial score (nSPS) is 27.8. The zero-order chi connectivity index (χ0) is 16.7. The zero-order valence-corrected chi connectivity index (χ0v) is 14.3. The van der Waals surface area contributed by atoms with Gasteiger partial charge in [-0.1, -0.05) is 19.3 Å². The predicted octanol–water partition coefficient (Wildman–Crippen LogP) is 3.68. The Hall–Kier alpha value is -1.88. The molecule has 1 aromatic heterocycles. The van der Waals surface area contributed by atoms with Crippen LogP contribution < -0.4 is 11.1 Å². The highest BCUT2D eigenvalue weighted by molar-refractivity contribution is 5.95. The van der Waals surface area contributed by atoms with E-state index in [4.69, 9.17) is 5.73 Å². The number of nitrogens with two attached hydrogens (primary N) is 1. The van der Waals surface area contributed by atoms with Gasteiger partial charge >= 0.3 is 0 Å². The summed E-state index contributed by atoms with van der Waals surface area (Å²) in [7, 11) is 0. The van der Waals surface area contributed by atoms with Gasteiger partial charge in [0.25, 0.3) is 0 Å². The first-order valence-electron chi connectivity index (χ1n) is 9.12. The van der Waals surface area contributed by atoms with Crippen LogP contribution in [0.1, 0.15) is 63.6 Å². The lowest BCUT2D eigenvalue weighted by atomic mass is 9.74. The van der Waals surface area contributed by atoms with Gasteiger partial charge in [-0.25, -0.2) is 4.98 Å². The van der Waals surface area contributed by atoms with Crippen LogP contribution in [0.2, 0.25) is 0 Å². The first kappa shape index (κ1) is 15.6. The maximum absolute atomic E-state index is 12.7. The van der Waals surface area contributed by atoms with Crippen molar-refractivity contribution < 1.29 is 4.79 Å². The van der Waals surface area contributed by atoms with Gasteiger partial charge in [-0.15, -0.1) is 0 Å². The molecule has 2 atom stereocenters. The van der Waals surface area contributed by atoms with Crippen molar-refractivity contribution in [3.63, 3.8) is 0 Å². The van der Waals surface area contributed by atoms with Crippen LogP contribution in [0.25, 0.3) is 11.0 Å². The number of carbonyl (C=O) groups excluding carboxylic acids is 1. The molecule has 2 aliphatic carbocycles. The van der Waals surface area contributed by atoms with Crippen molar-refractivity contribution in [3.05, 3.63) is 24.0 Å². The van der Waals surface area contributed by atoms with Crippen molar-refractivity contribution in [2.24, 2.45) is 11.7 Å². The van der Waals surface area contributed by atoms with E-state index in [1.165, 1.54) is 19.3 Å². The fourth-order valence-electron chi connectivity index (χ4n) is 4.00. The molecule has 1 heterocycles. The van der Waals surface area contributed by atoms with Gasteiger partial charge in [-0.3, -0.25) is 4.79 Å². The summed E-state index contributed by atoms with van der Waals surface area (Å²) in [5.74, 6) is 1.59. The van der Waals surface area contributed by atoms with Crippen molar-refractivity contribution in [3.8, 4) is 0 Å². The fraction of sp³-hybridized carbons (Fsp3) is 0.579. The number of carbonyl (C=O) groups is 1. The van der Waals surface area contributed by atoms with E-state index in [2.05, 4.69) is 15.3 Å². The molecular weight excluding hydrogens is 300 g/mol. The average molecular weight is 326 g/mol. The van der Waals surface area contributed by atoms with E-state index in [1.807, 2.05) is 25.1 Å². The number of anilines is 1. The Morgan fingerprint density at radius 1 is 1.29 bits per heavy atom. The number of rotatable bonds is 3. The SMILES string of the molecule is CC1(N)CCCCC1C(=O)Nc1ccc2nc(C3CCC3)[nH]c2c1. The van der Waals surface area contributed by atoms with Crippen molar-refractivity contribution in [1.82, 2.24) is 9.97 Å². The molecule has 1 amide bonds. The van der Waals surface area contributed by atoms with Gasteiger partial charge in [0.05, 0.1) is 17.0 Å². The number of aromatic amines is 1. The van der Waals surface area contributed by atoms with E-state index < -0.39 is 5.54 Å². The summed E-state index contributed by atoms with van der Waals surface area (Å²) in [6, 6.07) is 5.90. The Morgan fingerprint density at radius 3 is 2.83 bits per heavy atom. The van der Waals surface area contributed by atoms with E-state index in [1.54, 1.807) is 0 Å². The molecule has 1 aromatic carbocycles. The number of nitrogens with one attached hydrogen (secondary N) is 2. The van der Waals surface area contributed by atoms with Gasteiger partial charge in [0.2, 0.25) is 5.91 Å². The molecule has 2 aromatic rings. The maximum atomic E-state index is 12.7. The third-order valence-corrected chi connectivity index (χ3v) is 5.83. The second-order valence-corrected chi connectivity index (χ2v) is 7.78. The topological polar surface area (TPSA) is 83.8 Å². The Balaban J connectivity index is 1.52. The summed E-state index contributed by atoms with van der Waals surface area (Å²) in [6.45, 7) is 2.00. The van der Waals surface area contributed by atoms with Crippen LogP contribution in [0, 0.1) is 5.92 Å². The van der Waals surface area contributed by atoms with Gasteiger partial charge in [0, 0.05) is 17.1 Å². The Labute approximate surface area is 142 Å². The molecule has 4 N–H and O–H groups in total. The van der Waals surface area contributed by atoms with Crippen LogP contribution in [-0.4, -0.2) is 21.4 Å². The number of hydrogen-bond acceptors (Lipinski definition) is 3. The maximum Gasteiger partial charge on any atom is 0.229 e. The first-order chi connectivity index (χ1) is 11.5. The second kappa shape index (κ2) is 5.88. The van der Waals surface area contributed by atoms with Gasteiger partial charge in [-0.05, 0) is 50.8 Å². The third-order valence-electron chi connectivity index (χ3n) is 5.83. The monoisotopic (exact) mass is 326 g/mol. The van der Waals surface area contributed by atoms with E-state index in [0.29, 0.717) is 5.92 Å². The molecule has 0 radical (unpaired) electrons. The third kappa shape index (κ3) is 2.81. The lowest BCUT2D eigenvalue weighted by Crippen LogP contribution is -2.51. The number of imidazole rings is 1. The minimum atomic E-state index is -0.405. The van der Waals surface area contributed by atoms with E-state index in [0.717, 1.165) is 48.2 Å². The van der Waals surface area contributed by atoms with E-state index in [-0.39, 0.29) is 11.8 Å². The smallest absolute Gasteiger partial charge is 0.229 e. The minimum Gasteiger partial charge on any atom is -0.342 e. The Bertz CT molecular complexity index is 760. The second-order valence-electron chi connectivity index (χ2n) is 7.78. The largest absolute Gasteiger partial charge is 0.342 e. The summed E-state index contributed by atoms with van der Waals surface area (Å²) < 4.78 is 0. The minimum absolute atomic E-state index is 0.0396. The molecular formula is C19H26N4O. The molecule has 2 fully saturated rings. The first-order valence-corrected chi connectivity index (χ1v) is 9.12. The fourth-order valence-corrected chi connectivity index (χ4v) is 4.00. The molecule has 5 heteroatoms. The number of H-pyrrole nitrogens is 1. The number of fused-ring (bicyclic) bond motifs is 1. The summed E-state index contributed by atoms with van der Waals surface area (Å²) >= 11 is 0. The number of nitrogens with zero attached hydrogens (tertiary/aromatic N) is 1. The summed E-state index contributed by atoms with van der Waals surface area (Å²) in [5.41, 5.74) is 8.72. The number of benzene rings is 1. The van der Waals surface area contributed by atoms with E-state index in [9.17, 15) is 4.79 Å². The highest BCUT2D eigenvalue weighted by Crippen LogP contribution is 2.36. The summed E-state index contributed by atoms with van der Waals surface area (Å²) in [6.07, 6.45) is 7.71. The summed E-state index contributed by atoms with van der Waals surface area (Å²) in [5, 5.41) is 3.06. The molecule has 0 saturated heterocycles. The highest BCUT2D eigenvalue weighted by Gasteiger charge is 2.37. The van der Waals surface area contributed by atoms with Gasteiger partial charge in [0.15, 0.2) is 0 Å². The molecule has 0 aliphatic heterocycles. The Kier molecular flexibility index (Phi) is 3.83. The molecule has 24 heavy (non-hydrogen) atoms. The van der Waals surface area contributed by atoms with Gasteiger partial charge < -0.3 is 16.0 Å². The van der Waals surface area contributed by atoms with Crippen LogP contribution in [0.4, 0.5) is 5.69 Å². The average Bonchev–Trinajstić information content (AvgIpc) is 2.87. The molecule has 5 nitrogen and oxygen atoms in total. The van der Waals surface area contributed by atoms with Crippen molar-refractivity contribution in [1.29, 1.82) is 0 Å². The molecule has 4 rings (SSSR count).